The van der Waals surface area contributed by atoms with Crippen LogP contribution < -0.4 is 21.3 Å². The highest BCUT2D eigenvalue weighted by atomic mass is 16.5. The van der Waals surface area contributed by atoms with Crippen LogP contribution in [0.1, 0.15) is 103 Å². The third kappa shape index (κ3) is 8.93. The van der Waals surface area contributed by atoms with Crippen LogP contribution in [-0.2, 0) is 30.5 Å². The lowest BCUT2D eigenvalue weighted by atomic mass is 9.53. The molecule has 8 rings (SSSR count). The number of hydrogen-bond acceptors (Lipinski definition) is 6. The van der Waals surface area contributed by atoms with E-state index in [2.05, 4.69) is 41.7 Å². The van der Waals surface area contributed by atoms with Crippen LogP contribution in [0.4, 0.5) is 4.79 Å². The van der Waals surface area contributed by atoms with Gasteiger partial charge in [-0.05, 0) is 111 Å². The summed E-state index contributed by atoms with van der Waals surface area (Å²) >= 11 is 0. The molecule has 0 spiro atoms. The van der Waals surface area contributed by atoms with E-state index in [4.69, 9.17) is 4.74 Å². The van der Waals surface area contributed by atoms with Gasteiger partial charge in [-0.1, -0.05) is 81.7 Å². The number of fused-ring (bicyclic) bond motifs is 1. The van der Waals surface area contributed by atoms with Gasteiger partial charge in [-0.15, -0.1) is 6.58 Å². The number of urea groups is 1. The number of carbonyl (C=O) groups excluding carboxylic acids is 5. The Bertz CT molecular complexity index is 1620. The van der Waals surface area contributed by atoms with Gasteiger partial charge in [-0.25, -0.2) is 4.79 Å². The molecular formula is C45H63N5O6. The first kappa shape index (κ1) is 40.2. The van der Waals surface area contributed by atoms with Gasteiger partial charge in [-0.2, -0.15) is 0 Å². The third-order valence-corrected chi connectivity index (χ3v) is 14.2. The summed E-state index contributed by atoms with van der Waals surface area (Å²) in [5.74, 6) is -0.104. The maximum absolute atomic E-state index is 14.8. The summed E-state index contributed by atoms with van der Waals surface area (Å²) in [5.41, 5.74) is 0.721. The van der Waals surface area contributed by atoms with Gasteiger partial charge in [0.05, 0.1) is 19.3 Å². The molecule has 1 aliphatic heterocycles. The van der Waals surface area contributed by atoms with Crippen LogP contribution in [0.5, 0.6) is 0 Å². The number of ketones is 1. The van der Waals surface area contributed by atoms with Crippen molar-refractivity contribution in [1.82, 2.24) is 26.2 Å². The molecule has 11 nitrogen and oxygen atoms in total. The Kier molecular flexibility index (Phi) is 12.4. The van der Waals surface area contributed by atoms with Crippen LogP contribution >= 0.6 is 0 Å². The third-order valence-electron chi connectivity index (χ3n) is 14.2. The number of nitrogens with one attached hydrogen (secondary N) is 4. The Morgan fingerprint density at radius 1 is 0.929 bits per heavy atom. The summed E-state index contributed by atoms with van der Waals surface area (Å²) in [5, 5.41) is 12.2. The van der Waals surface area contributed by atoms with E-state index in [1.165, 1.54) is 19.3 Å². The summed E-state index contributed by atoms with van der Waals surface area (Å²) in [4.78, 5) is 71.3. The molecule has 5 amide bonds. The Hall–Kier alpha value is -3.99. The molecule has 304 valence electrons. The van der Waals surface area contributed by atoms with Crippen molar-refractivity contribution in [2.24, 2.45) is 40.9 Å². The number of likely N-dealkylation sites (tertiary alicyclic amines) is 1. The Morgan fingerprint density at radius 3 is 2.27 bits per heavy atom. The number of benzene rings is 1. The van der Waals surface area contributed by atoms with Crippen LogP contribution in [0.3, 0.4) is 0 Å². The average molecular weight is 770 g/mol. The minimum Gasteiger partial charge on any atom is -0.373 e. The van der Waals surface area contributed by atoms with Gasteiger partial charge >= 0.3 is 6.03 Å². The molecule has 1 aromatic carbocycles. The topological polar surface area (TPSA) is 146 Å². The fraction of sp³-hybridized carbons (Fsp3) is 0.667. The zero-order valence-corrected chi connectivity index (χ0v) is 33.4. The first-order chi connectivity index (χ1) is 27.0. The molecule has 0 aromatic heterocycles. The van der Waals surface area contributed by atoms with Crippen molar-refractivity contribution in [1.29, 1.82) is 0 Å². The van der Waals surface area contributed by atoms with Crippen LogP contribution in [0.2, 0.25) is 0 Å². The molecule has 0 radical (unpaired) electrons. The molecule has 4 N–H and O–H groups in total. The smallest absolute Gasteiger partial charge is 0.315 e. The highest BCUT2D eigenvalue weighted by Gasteiger charge is 2.70. The molecule has 6 saturated carbocycles. The molecule has 1 saturated heterocycles. The van der Waals surface area contributed by atoms with Gasteiger partial charge in [0.1, 0.15) is 12.1 Å². The normalized spacial score (nSPS) is 30.9. The zero-order valence-electron chi connectivity index (χ0n) is 33.4. The zero-order chi connectivity index (χ0) is 39.5. The van der Waals surface area contributed by atoms with Crippen molar-refractivity contribution in [2.45, 2.75) is 128 Å². The first-order valence-corrected chi connectivity index (χ1v) is 21.4. The van der Waals surface area contributed by atoms with Gasteiger partial charge in [0.2, 0.25) is 17.6 Å². The quantitative estimate of drug-likeness (QED) is 0.0924. The number of Topliss-reactive ketones (excluding diaryl/α,β-unsaturated/α-hetero) is 1. The molecule has 1 heterocycles. The fourth-order valence-electron chi connectivity index (χ4n) is 11.7. The van der Waals surface area contributed by atoms with Crippen molar-refractivity contribution in [3.8, 4) is 0 Å². The number of rotatable bonds is 17. The molecule has 1 unspecified atom stereocenters. The monoisotopic (exact) mass is 769 g/mol. The van der Waals surface area contributed by atoms with Crippen molar-refractivity contribution in [3.63, 3.8) is 0 Å². The fourth-order valence-corrected chi connectivity index (χ4v) is 11.7. The molecule has 1 aromatic rings. The Morgan fingerprint density at radius 2 is 1.61 bits per heavy atom. The number of ether oxygens (including phenoxy) is 1. The molecule has 56 heavy (non-hydrogen) atoms. The van der Waals surface area contributed by atoms with E-state index in [9.17, 15) is 24.0 Å². The average Bonchev–Trinajstić information content (AvgIpc) is 3.46. The molecule has 7 fully saturated rings. The Balaban J connectivity index is 0.991. The van der Waals surface area contributed by atoms with E-state index in [1.807, 2.05) is 30.3 Å². The lowest BCUT2D eigenvalue weighted by Gasteiger charge is -2.56. The molecule has 7 aliphatic rings. The number of carbonyl (C=O) groups is 5. The number of hydrogen-bond donors (Lipinski definition) is 4. The van der Waals surface area contributed by atoms with Crippen molar-refractivity contribution >= 4 is 29.5 Å². The van der Waals surface area contributed by atoms with Crippen molar-refractivity contribution in [3.05, 3.63) is 60.7 Å². The second-order valence-corrected chi connectivity index (χ2v) is 18.5. The summed E-state index contributed by atoms with van der Waals surface area (Å²) in [6, 6.07) is 6.95. The van der Waals surface area contributed by atoms with Crippen LogP contribution in [0.15, 0.2) is 55.1 Å². The largest absolute Gasteiger partial charge is 0.373 e. The van der Waals surface area contributed by atoms with Crippen LogP contribution in [0.25, 0.3) is 0 Å². The summed E-state index contributed by atoms with van der Waals surface area (Å²) in [6.45, 7) is 9.40. The minimum absolute atomic E-state index is 0.0119. The second-order valence-electron chi connectivity index (χ2n) is 18.5. The van der Waals surface area contributed by atoms with Gasteiger partial charge in [0.25, 0.3) is 5.91 Å². The standard InChI is InChI=1S/C45H63N5O6/c1-4-5-18-35(39(51)41(53)46-19-12-13-20-56-28-29-14-8-6-9-15-29)47-40(52)38-36-34(44(36,2)3)27-50(38)42(54)37(33-16-10-7-11-17-33)48-43(55)49-45-24-30-21-31(25-45)23-32(22-30)26-45/h4,6,8-9,12-15,30-38H,1,5,7,10-11,16-28H2,2-3H3,(H,46,53)(H,47,52)(H2,48,49,55)/b13-12+/t30?,31?,32?,34?,35-,36+,37+,38+,45?/m1/s1. The van der Waals surface area contributed by atoms with Gasteiger partial charge in [-0.3, -0.25) is 19.2 Å². The lowest BCUT2D eigenvalue weighted by Crippen LogP contribution is -2.64. The maximum Gasteiger partial charge on any atom is 0.315 e. The summed E-state index contributed by atoms with van der Waals surface area (Å²) in [7, 11) is 0. The van der Waals surface area contributed by atoms with E-state index in [1.54, 1.807) is 23.1 Å². The van der Waals surface area contributed by atoms with E-state index in [0.29, 0.717) is 43.9 Å². The van der Waals surface area contributed by atoms with E-state index in [0.717, 1.165) is 56.9 Å². The second kappa shape index (κ2) is 17.2. The molecule has 6 aliphatic carbocycles. The SMILES string of the molecule is C=CCC[C@@H](NC(=O)[C@@H]1[C@@H]2C(CN1C(=O)[C@@H](NC(=O)NC13CC4CC(CC(C4)C1)C3)C1CCCCC1)C2(C)C)C(=O)C(=O)NC/C=C/COCc1ccccc1. The van der Waals surface area contributed by atoms with E-state index in [-0.39, 0.29) is 53.6 Å². The predicted molar refractivity (Wildman–Crippen MR) is 214 cm³/mol. The number of piperidine rings is 1. The molecule has 4 bridgehead atoms. The van der Waals surface area contributed by atoms with Crippen LogP contribution in [0, 0.1) is 40.9 Å². The van der Waals surface area contributed by atoms with Gasteiger partial charge in [0, 0.05) is 18.6 Å². The highest BCUT2D eigenvalue weighted by Crippen LogP contribution is 2.65. The maximum atomic E-state index is 14.8. The van der Waals surface area contributed by atoms with E-state index >= 15 is 0 Å². The summed E-state index contributed by atoms with van der Waals surface area (Å²) < 4.78 is 5.64. The van der Waals surface area contributed by atoms with Crippen molar-refractivity contribution in [2.75, 3.05) is 19.7 Å². The predicted octanol–water partition coefficient (Wildman–Crippen LogP) is 5.60. The van der Waals surface area contributed by atoms with E-state index < -0.39 is 35.7 Å². The lowest BCUT2D eigenvalue weighted by molar-refractivity contribution is -0.144. The first-order valence-electron chi connectivity index (χ1n) is 21.4. The van der Waals surface area contributed by atoms with Crippen LogP contribution in [-0.4, -0.2) is 77.8 Å². The minimum atomic E-state index is -1.07. The van der Waals surface area contributed by atoms with Crippen molar-refractivity contribution < 1.29 is 28.7 Å². The molecule has 5 atom stereocenters. The highest BCUT2D eigenvalue weighted by molar-refractivity contribution is 6.38. The van der Waals surface area contributed by atoms with Gasteiger partial charge in [0.15, 0.2) is 0 Å². The van der Waals surface area contributed by atoms with Gasteiger partial charge < -0.3 is 30.9 Å². The molecule has 11 heteroatoms. The summed E-state index contributed by atoms with van der Waals surface area (Å²) in [6.07, 6.45) is 17.5. The number of amides is 5. The number of allylic oxidation sites excluding steroid dienone is 1. The number of nitrogens with zero attached hydrogens (tertiary/aromatic N) is 1. The Labute approximate surface area is 332 Å². The molecular weight excluding hydrogens is 707 g/mol.